The normalized spacial score (nSPS) is 16.6. The second-order valence-electron chi connectivity index (χ2n) is 7.55. The van der Waals surface area contributed by atoms with Crippen molar-refractivity contribution in [2.45, 2.75) is 24.2 Å². The number of hydrogen-bond acceptors (Lipinski definition) is 7. The summed E-state index contributed by atoms with van der Waals surface area (Å²) in [6, 6.07) is 10.3. The third kappa shape index (κ3) is 4.21. The number of nitrogens with zero attached hydrogens (tertiary/aromatic N) is 2. The summed E-state index contributed by atoms with van der Waals surface area (Å²) in [4.78, 5) is 17.0. The van der Waals surface area contributed by atoms with Gasteiger partial charge in [-0.1, -0.05) is 23.8 Å². The standard InChI is InChI=1S/C22H21N3O5S2/c26-21(9-5-15-4-8-18-19(12-15)30-14-29-18)24-22-23-17-7-6-16(13-20(17)31-22)32(27,28)25-10-2-1-3-11-25/h4-9,12-13H,1-3,10-11,14H2,(H,23,24,26). The maximum Gasteiger partial charge on any atom is 0.250 e. The zero-order chi connectivity index (χ0) is 22.1. The van der Waals surface area contributed by atoms with Gasteiger partial charge in [-0.15, -0.1) is 0 Å². The van der Waals surface area contributed by atoms with Crippen molar-refractivity contribution in [3.8, 4) is 11.5 Å². The molecule has 0 spiro atoms. The van der Waals surface area contributed by atoms with Crippen molar-refractivity contribution in [1.29, 1.82) is 0 Å². The predicted octanol–water partition coefficient (Wildman–Crippen LogP) is 3.85. The van der Waals surface area contributed by atoms with Gasteiger partial charge in [0.05, 0.1) is 15.1 Å². The molecule has 1 aromatic heterocycles. The molecule has 3 aromatic rings. The van der Waals surface area contributed by atoms with Crippen LogP contribution in [0, 0.1) is 0 Å². The molecule has 2 aromatic carbocycles. The Bertz CT molecular complexity index is 1310. The van der Waals surface area contributed by atoms with Crippen molar-refractivity contribution >= 4 is 48.7 Å². The van der Waals surface area contributed by atoms with Crippen LogP contribution in [0.15, 0.2) is 47.4 Å². The molecule has 10 heteroatoms. The van der Waals surface area contributed by atoms with E-state index in [4.69, 9.17) is 9.47 Å². The number of thiazole rings is 1. The molecule has 2 aliphatic heterocycles. The first-order valence-electron chi connectivity index (χ1n) is 10.3. The van der Waals surface area contributed by atoms with Gasteiger partial charge in [-0.05, 0) is 54.8 Å². The van der Waals surface area contributed by atoms with Crippen molar-refractivity contribution < 1.29 is 22.7 Å². The van der Waals surface area contributed by atoms with Crippen LogP contribution in [0.5, 0.6) is 11.5 Å². The Hall–Kier alpha value is -2.95. The number of amides is 1. The van der Waals surface area contributed by atoms with E-state index in [-0.39, 0.29) is 17.6 Å². The molecule has 0 saturated carbocycles. The topological polar surface area (TPSA) is 97.8 Å². The molecule has 1 fully saturated rings. The molecular formula is C22H21N3O5S2. The van der Waals surface area contributed by atoms with Crippen LogP contribution in [0.4, 0.5) is 5.13 Å². The summed E-state index contributed by atoms with van der Waals surface area (Å²) in [5.41, 5.74) is 1.45. The average molecular weight is 472 g/mol. The minimum Gasteiger partial charge on any atom is -0.454 e. The van der Waals surface area contributed by atoms with E-state index in [1.165, 1.54) is 17.4 Å². The van der Waals surface area contributed by atoms with Gasteiger partial charge in [0.1, 0.15) is 0 Å². The monoisotopic (exact) mass is 471 g/mol. The highest BCUT2D eigenvalue weighted by atomic mass is 32.2. The molecule has 32 heavy (non-hydrogen) atoms. The van der Waals surface area contributed by atoms with Crippen molar-refractivity contribution in [2.24, 2.45) is 0 Å². The van der Waals surface area contributed by atoms with Crippen molar-refractivity contribution in [3.05, 3.63) is 48.0 Å². The first kappa shape index (κ1) is 20.9. The van der Waals surface area contributed by atoms with Crippen LogP contribution in [0.25, 0.3) is 16.3 Å². The Morgan fingerprint density at radius 1 is 1.06 bits per heavy atom. The SMILES string of the molecule is O=C(C=Cc1ccc2c(c1)OCO2)Nc1nc2ccc(S(=O)(=O)N3CCCCC3)cc2s1. The van der Waals surface area contributed by atoms with E-state index >= 15 is 0 Å². The number of carbonyl (C=O) groups excluding carboxylic acids is 1. The second-order valence-corrected chi connectivity index (χ2v) is 10.5. The number of sulfonamides is 1. The number of anilines is 1. The lowest BCUT2D eigenvalue weighted by molar-refractivity contribution is -0.111. The molecule has 1 saturated heterocycles. The Morgan fingerprint density at radius 2 is 1.88 bits per heavy atom. The highest BCUT2D eigenvalue weighted by Crippen LogP contribution is 2.33. The number of ether oxygens (including phenoxy) is 2. The number of carbonyl (C=O) groups is 1. The lowest BCUT2D eigenvalue weighted by Crippen LogP contribution is -2.35. The zero-order valence-electron chi connectivity index (χ0n) is 17.1. The third-order valence-electron chi connectivity index (χ3n) is 5.37. The lowest BCUT2D eigenvalue weighted by atomic mass is 10.2. The quantitative estimate of drug-likeness (QED) is 0.568. The second kappa shape index (κ2) is 8.53. The molecule has 5 rings (SSSR count). The van der Waals surface area contributed by atoms with Gasteiger partial charge in [-0.2, -0.15) is 4.31 Å². The zero-order valence-corrected chi connectivity index (χ0v) is 18.7. The minimum atomic E-state index is -3.52. The number of aromatic nitrogens is 1. The van der Waals surface area contributed by atoms with Crippen LogP contribution in [0.3, 0.4) is 0 Å². The van der Waals surface area contributed by atoms with Gasteiger partial charge in [0.25, 0.3) is 0 Å². The fourth-order valence-corrected chi connectivity index (χ4v) is 6.24. The number of piperidine rings is 1. The molecule has 166 valence electrons. The summed E-state index contributed by atoms with van der Waals surface area (Å²) in [5, 5.41) is 3.15. The molecule has 3 heterocycles. The Kier molecular flexibility index (Phi) is 5.58. The smallest absolute Gasteiger partial charge is 0.250 e. The van der Waals surface area contributed by atoms with E-state index in [1.807, 2.05) is 6.07 Å². The maximum atomic E-state index is 12.9. The molecule has 1 N–H and O–H groups in total. The van der Waals surface area contributed by atoms with Gasteiger partial charge in [0.15, 0.2) is 16.6 Å². The first-order valence-corrected chi connectivity index (χ1v) is 12.5. The van der Waals surface area contributed by atoms with Crippen molar-refractivity contribution in [2.75, 3.05) is 25.2 Å². The third-order valence-corrected chi connectivity index (χ3v) is 8.19. The van der Waals surface area contributed by atoms with Gasteiger partial charge in [0.2, 0.25) is 22.7 Å². The Morgan fingerprint density at radius 3 is 2.72 bits per heavy atom. The van der Waals surface area contributed by atoms with Crippen LogP contribution >= 0.6 is 11.3 Å². The lowest BCUT2D eigenvalue weighted by Gasteiger charge is -2.25. The highest BCUT2D eigenvalue weighted by Gasteiger charge is 2.26. The van der Waals surface area contributed by atoms with E-state index in [0.29, 0.717) is 39.9 Å². The predicted molar refractivity (Wildman–Crippen MR) is 122 cm³/mol. The van der Waals surface area contributed by atoms with Crippen LogP contribution in [-0.2, 0) is 14.8 Å². The Labute approximate surface area is 189 Å². The van der Waals surface area contributed by atoms with Gasteiger partial charge < -0.3 is 9.47 Å². The van der Waals surface area contributed by atoms with E-state index in [2.05, 4.69) is 10.3 Å². The molecule has 0 radical (unpaired) electrons. The van der Waals surface area contributed by atoms with Crippen molar-refractivity contribution in [3.63, 3.8) is 0 Å². The van der Waals surface area contributed by atoms with E-state index in [0.717, 1.165) is 24.8 Å². The Balaban J connectivity index is 1.30. The first-order chi connectivity index (χ1) is 15.5. The van der Waals surface area contributed by atoms with Crippen molar-refractivity contribution in [1.82, 2.24) is 9.29 Å². The summed E-state index contributed by atoms with van der Waals surface area (Å²) < 4.78 is 38.7. The summed E-state index contributed by atoms with van der Waals surface area (Å²) in [6.07, 6.45) is 5.92. The fourth-order valence-electron chi connectivity index (χ4n) is 3.71. The number of nitrogens with one attached hydrogen (secondary N) is 1. The summed E-state index contributed by atoms with van der Waals surface area (Å²) in [5.74, 6) is 1.000. The average Bonchev–Trinajstić information content (AvgIpc) is 3.43. The maximum absolute atomic E-state index is 12.9. The van der Waals surface area contributed by atoms with Gasteiger partial charge >= 0.3 is 0 Å². The van der Waals surface area contributed by atoms with Crippen LogP contribution < -0.4 is 14.8 Å². The van der Waals surface area contributed by atoms with Gasteiger partial charge in [-0.25, -0.2) is 13.4 Å². The minimum absolute atomic E-state index is 0.196. The number of rotatable bonds is 5. The van der Waals surface area contributed by atoms with E-state index in [1.54, 1.807) is 40.7 Å². The molecule has 0 atom stereocenters. The molecule has 0 unspecified atom stereocenters. The largest absolute Gasteiger partial charge is 0.454 e. The fraction of sp³-hybridized carbons (Fsp3) is 0.273. The summed E-state index contributed by atoms with van der Waals surface area (Å²) in [7, 11) is -3.52. The number of benzene rings is 2. The molecular weight excluding hydrogens is 450 g/mol. The van der Waals surface area contributed by atoms with Gasteiger partial charge in [-0.3, -0.25) is 10.1 Å². The number of fused-ring (bicyclic) bond motifs is 2. The highest BCUT2D eigenvalue weighted by molar-refractivity contribution is 7.89. The summed E-state index contributed by atoms with van der Waals surface area (Å²) >= 11 is 1.24. The van der Waals surface area contributed by atoms with Crippen LogP contribution in [0.1, 0.15) is 24.8 Å². The molecule has 1 amide bonds. The molecule has 0 bridgehead atoms. The van der Waals surface area contributed by atoms with E-state index in [9.17, 15) is 13.2 Å². The van der Waals surface area contributed by atoms with Crippen LogP contribution in [-0.4, -0.2) is 43.5 Å². The molecule has 2 aliphatic rings. The van der Waals surface area contributed by atoms with Gasteiger partial charge in [0, 0.05) is 19.2 Å². The molecule has 8 nitrogen and oxygen atoms in total. The summed E-state index contributed by atoms with van der Waals surface area (Å²) in [6.45, 7) is 1.31. The van der Waals surface area contributed by atoms with E-state index < -0.39 is 10.0 Å². The van der Waals surface area contributed by atoms with Crippen LogP contribution in [0.2, 0.25) is 0 Å². The number of hydrogen-bond donors (Lipinski definition) is 1. The molecule has 0 aliphatic carbocycles.